The first kappa shape index (κ1) is 18.4. The van der Waals surface area contributed by atoms with Crippen molar-refractivity contribution < 1.29 is 13.2 Å². The predicted octanol–water partition coefficient (Wildman–Crippen LogP) is 1.41. The van der Waals surface area contributed by atoms with Crippen LogP contribution in [-0.4, -0.2) is 37.0 Å². The Morgan fingerprint density at radius 3 is 2.75 bits per heavy atom. The summed E-state index contributed by atoms with van der Waals surface area (Å²) in [6, 6.07) is 6.16. The number of carbonyl (C=O) groups is 1. The maximum absolute atomic E-state index is 12.1. The number of benzene rings is 1. The van der Waals surface area contributed by atoms with E-state index in [4.69, 9.17) is 11.6 Å². The molecule has 1 heterocycles. The molecule has 2 rings (SSSR count). The van der Waals surface area contributed by atoms with Crippen molar-refractivity contribution >= 4 is 27.5 Å². The average molecular weight is 371 g/mol. The number of hydrogen-bond donors (Lipinski definition) is 2. The molecule has 0 aliphatic heterocycles. The topological polar surface area (TPSA) is 93.1 Å². The number of nitrogens with one attached hydrogen (secondary N) is 2. The molecule has 0 aliphatic carbocycles. The zero-order valence-electron chi connectivity index (χ0n) is 13.0. The lowest BCUT2D eigenvalue weighted by molar-refractivity contribution is -0.120. The number of aryl methyl sites for hydroxylation is 1. The summed E-state index contributed by atoms with van der Waals surface area (Å²) in [6.07, 6.45) is 6.10. The molecular weight excluding hydrogens is 352 g/mol. The molecule has 0 atom stereocenters. The molecule has 0 unspecified atom stereocenters. The van der Waals surface area contributed by atoms with Crippen LogP contribution in [-0.2, 0) is 21.4 Å². The van der Waals surface area contributed by atoms with Crippen molar-refractivity contribution in [3.8, 4) is 0 Å². The molecule has 0 fully saturated rings. The van der Waals surface area contributed by atoms with Crippen molar-refractivity contribution in [1.29, 1.82) is 0 Å². The summed E-state index contributed by atoms with van der Waals surface area (Å²) < 4.78 is 28.5. The molecule has 0 spiro atoms. The van der Waals surface area contributed by atoms with Crippen molar-refractivity contribution in [2.24, 2.45) is 0 Å². The summed E-state index contributed by atoms with van der Waals surface area (Å²) in [6.45, 7) is 1.30. The standard InChI is InChI=1S/C15H19ClN4O3S/c16-13-4-1-2-5-14(13)24(22,23)19-8-6-15(21)18-7-3-10-20-11-9-17-12-20/h1-2,4-5,9,11-12,19H,3,6-8,10H2,(H,18,21). The minimum atomic E-state index is -3.71. The van der Waals surface area contributed by atoms with Crippen LogP contribution in [0.15, 0.2) is 47.9 Å². The predicted molar refractivity (Wildman–Crippen MR) is 91.1 cm³/mol. The van der Waals surface area contributed by atoms with E-state index in [0.29, 0.717) is 6.54 Å². The number of imidazole rings is 1. The Bertz CT molecular complexity index is 763. The molecule has 9 heteroatoms. The van der Waals surface area contributed by atoms with Gasteiger partial charge in [-0.15, -0.1) is 0 Å². The summed E-state index contributed by atoms with van der Waals surface area (Å²) in [5, 5.41) is 2.90. The summed E-state index contributed by atoms with van der Waals surface area (Å²) >= 11 is 5.87. The Morgan fingerprint density at radius 2 is 2.04 bits per heavy atom. The van der Waals surface area contributed by atoms with Gasteiger partial charge in [-0.3, -0.25) is 4.79 Å². The summed E-state index contributed by atoms with van der Waals surface area (Å²) in [5.74, 6) is -0.206. The number of rotatable bonds is 9. The molecule has 1 aromatic carbocycles. The highest BCUT2D eigenvalue weighted by Gasteiger charge is 2.17. The van der Waals surface area contributed by atoms with E-state index in [1.165, 1.54) is 12.1 Å². The summed E-state index contributed by atoms with van der Waals surface area (Å²) in [4.78, 5) is 15.6. The van der Waals surface area contributed by atoms with Crippen molar-refractivity contribution in [3.05, 3.63) is 48.0 Å². The van der Waals surface area contributed by atoms with Gasteiger partial charge < -0.3 is 9.88 Å². The van der Waals surface area contributed by atoms with Crippen molar-refractivity contribution in [2.75, 3.05) is 13.1 Å². The van der Waals surface area contributed by atoms with E-state index in [9.17, 15) is 13.2 Å². The zero-order chi connectivity index (χ0) is 17.4. The second-order valence-electron chi connectivity index (χ2n) is 5.08. The first-order valence-corrected chi connectivity index (χ1v) is 9.32. The lowest BCUT2D eigenvalue weighted by atomic mass is 10.3. The van der Waals surface area contributed by atoms with Gasteiger partial charge in [0.2, 0.25) is 15.9 Å². The Labute approximate surface area is 146 Å². The van der Waals surface area contributed by atoms with Crippen LogP contribution >= 0.6 is 11.6 Å². The number of amides is 1. The van der Waals surface area contributed by atoms with Crippen LogP contribution in [0.1, 0.15) is 12.8 Å². The number of hydrogen-bond acceptors (Lipinski definition) is 4. The fourth-order valence-electron chi connectivity index (χ4n) is 2.04. The van der Waals surface area contributed by atoms with Gasteiger partial charge in [-0.25, -0.2) is 18.1 Å². The van der Waals surface area contributed by atoms with E-state index in [0.717, 1.165) is 13.0 Å². The number of aromatic nitrogens is 2. The lowest BCUT2D eigenvalue weighted by Gasteiger charge is -2.09. The first-order valence-electron chi connectivity index (χ1n) is 7.46. The Hall–Kier alpha value is -1.90. The first-order chi connectivity index (χ1) is 11.5. The van der Waals surface area contributed by atoms with Crippen LogP contribution in [0.2, 0.25) is 5.02 Å². The van der Waals surface area contributed by atoms with E-state index in [2.05, 4.69) is 15.0 Å². The van der Waals surface area contributed by atoms with Crippen LogP contribution in [0.5, 0.6) is 0 Å². The van der Waals surface area contributed by atoms with Gasteiger partial charge in [0.25, 0.3) is 0 Å². The number of sulfonamides is 1. The number of carbonyl (C=O) groups excluding carboxylic acids is 1. The van der Waals surface area contributed by atoms with Gasteiger partial charge in [0, 0.05) is 38.4 Å². The highest BCUT2D eigenvalue weighted by molar-refractivity contribution is 7.89. The van der Waals surface area contributed by atoms with Crippen molar-refractivity contribution in [1.82, 2.24) is 19.6 Å². The van der Waals surface area contributed by atoms with E-state index in [1.807, 2.05) is 10.8 Å². The Balaban J connectivity index is 1.67. The van der Waals surface area contributed by atoms with Crippen LogP contribution < -0.4 is 10.0 Å². The van der Waals surface area contributed by atoms with Crippen LogP contribution in [0.4, 0.5) is 0 Å². The van der Waals surface area contributed by atoms with Gasteiger partial charge in [-0.2, -0.15) is 0 Å². The minimum absolute atomic E-state index is 0.00686. The quantitative estimate of drug-likeness (QED) is 0.653. The van der Waals surface area contributed by atoms with Crippen LogP contribution in [0.25, 0.3) is 0 Å². The molecule has 2 N–H and O–H groups in total. The molecule has 0 aliphatic rings. The van der Waals surface area contributed by atoms with Gasteiger partial charge in [-0.1, -0.05) is 23.7 Å². The van der Waals surface area contributed by atoms with E-state index >= 15 is 0 Å². The van der Waals surface area contributed by atoms with Crippen LogP contribution in [0, 0.1) is 0 Å². The highest BCUT2D eigenvalue weighted by Crippen LogP contribution is 2.19. The molecule has 1 aromatic heterocycles. The Kier molecular flexibility index (Phi) is 6.77. The van der Waals surface area contributed by atoms with E-state index in [-0.39, 0.29) is 28.8 Å². The molecule has 7 nitrogen and oxygen atoms in total. The maximum atomic E-state index is 12.1. The third kappa shape index (κ3) is 5.63. The molecule has 0 radical (unpaired) electrons. The summed E-state index contributed by atoms with van der Waals surface area (Å²) in [7, 11) is -3.71. The largest absolute Gasteiger partial charge is 0.356 e. The fraction of sp³-hybridized carbons (Fsp3) is 0.333. The van der Waals surface area contributed by atoms with Gasteiger partial charge in [0.05, 0.1) is 11.3 Å². The SMILES string of the molecule is O=C(CCNS(=O)(=O)c1ccccc1Cl)NCCCn1ccnc1. The molecule has 130 valence electrons. The number of nitrogens with zero attached hydrogens (tertiary/aromatic N) is 2. The molecule has 1 amide bonds. The van der Waals surface area contributed by atoms with Gasteiger partial charge in [-0.05, 0) is 18.6 Å². The summed E-state index contributed by atoms with van der Waals surface area (Å²) in [5.41, 5.74) is 0. The lowest BCUT2D eigenvalue weighted by Crippen LogP contribution is -2.31. The molecule has 24 heavy (non-hydrogen) atoms. The van der Waals surface area contributed by atoms with E-state index in [1.54, 1.807) is 24.7 Å². The molecule has 0 bridgehead atoms. The second kappa shape index (κ2) is 8.81. The normalized spacial score (nSPS) is 11.4. The van der Waals surface area contributed by atoms with Crippen LogP contribution in [0.3, 0.4) is 0 Å². The van der Waals surface area contributed by atoms with Gasteiger partial charge in [0.15, 0.2) is 0 Å². The van der Waals surface area contributed by atoms with Crippen molar-refractivity contribution in [3.63, 3.8) is 0 Å². The van der Waals surface area contributed by atoms with Gasteiger partial charge in [0.1, 0.15) is 4.90 Å². The minimum Gasteiger partial charge on any atom is -0.356 e. The number of halogens is 1. The average Bonchev–Trinajstić information content (AvgIpc) is 3.05. The third-order valence-electron chi connectivity index (χ3n) is 3.24. The Morgan fingerprint density at radius 1 is 1.25 bits per heavy atom. The molecular formula is C15H19ClN4O3S. The zero-order valence-corrected chi connectivity index (χ0v) is 14.6. The fourth-order valence-corrected chi connectivity index (χ4v) is 3.59. The monoisotopic (exact) mass is 370 g/mol. The highest BCUT2D eigenvalue weighted by atomic mass is 35.5. The molecule has 0 saturated carbocycles. The van der Waals surface area contributed by atoms with E-state index < -0.39 is 10.0 Å². The second-order valence-corrected chi connectivity index (χ2v) is 7.22. The van der Waals surface area contributed by atoms with Gasteiger partial charge >= 0.3 is 0 Å². The molecule has 2 aromatic rings. The van der Waals surface area contributed by atoms with Crippen molar-refractivity contribution in [2.45, 2.75) is 24.3 Å². The third-order valence-corrected chi connectivity index (χ3v) is 5.21. The smallest absolute Gasteiger partial charge is 0.242 e. The molecule has 0 saturated heterocycles. The maximum Gasteiger partial charge on any atom is 0.242 e.